The minimum atomic E-state index is -3.65. The van der Waals surface area contributed by atoms with Gasteiger partial charge in [0.15, 0.2) is 11.7 Å². The Kier molecular flexibility index (Phi) is 7.29. The van der Waals surface area contributed by atoms with Crippen LogP contribution in [0.1, 0.15) is 17.2 Å². The summed E-state index contributed by atoms with van der Waals surface area (Å²) in [6.07, 6.45) is 1.67. The van der Waals surface area contributed by atoms with Crippen molar-refractivity contribution < 1.29 is 12.8 Å². The van der Waals surface area contributed by atoms with Gasteiger partial charge in [0.1, 0.15) is 11.5 Å². The first-order valence-corrected chi connectivity index (χ1v) is 11.6. The van der Waals surface area contributed by atoms with Crippen LogP contribution in [0.15, 0.2) is 50.9 Å². The Morgan fingerprint density at radius 2 is 1.86 bits per heavy atom. The Morgan fingerprint density at radius 3 is 2.59 bits per heavy atom. The van der Waals surface area contributed by atoms with Crippen molar-refractivity contribution in [2.24, 2.45) is 9.98 Å². The van der Waals surface area contributed by atoms with Crippen LogP contribution in [-0.2, 0) is 29.1 Å². The maximum absolute atomic E-state index is 11.8. The Hall–Kier alpha value is -2.37. The van der Waals surface area contributed by atoms with Gasteiger partial charge in [0, 0.05) is 11.9 Å². The summed E-state index contributed by atoms with van der Waals surface area (Å²) < 4.78 is 34.1. The van der Waals surface area contributed by atoms with Gasteiger partial charge in [-0.2, -0.15) is 20.2 Å². The molecule has 2 N–H and O–H groups in total. The van der Waals surface area contributed by atoms with Crippen LogP contribution in [0.4, 0.5) is 0 Å². The number of furan rings is 1. The second-order valence-corrected chi connectivity index (χ2v) is 9.10. The fourth-order valence-corrected chi connectivity index (χ4v) is 4.14. The summed E-state index contributed by atoms with van der Waals surface area (Å²) in [7, 11) is 0.343. The van der Waals surface area contributed by atoms with Crippen molar-refractivity contribution in [3.8, 4) is 0 Å². The fourth-order valence-electron chi connectivity index (χ4n) is 2.53. The highest BCUT2D eigenvalue weighted by atomic mass is 32.2. The molecular formula is C18H24N6O3S2. The highest BCUT2D eigenvalue weighted by molar-refractivity contribution is 7.98. The number of aliphatic imine (C=N–C) groups is 2. The van der Waals surface area contributed by atoms with E-state index < -0.39 is 10.2 Å². The smallest absolute Gasteiger partial charge is 0.324 e. The molecule has 156 valence electrons. The number of thioether (sulfide) groups is 1. The second-order valence-electron chi connectivity index (χ2n) is 6.58. The zero-order chi connectivity index (χ0) is 20.7. The molecule has 11 heteroatoms. The number of hydrogen-bond donors (Lipinski definition) is 2. The molecule has 0 spiro atoms. The summed E-state index contributed by atoms with van der Waals surface area (Å²) in [4.78, 5) is 14.9. The molecule has 1 saturated heterocycles. The number of nitrogens with zero attached hydrogens (tertiary/aromatic N) is 4. The van der Waals surface area contributed by atoms with Crippen LogP contribution < -0.4 is 9.44 Å². The van der Waals surface area contributed by atoms with E-state index >= 15 is 0 Å². The minimum absolute atomic E-state index is 0.208. The third-order valence-corrected chi connectivity index (χ3v) is 5.63. The number of amidine groups is 2. The van der Waals surface area contributed by atoms with Crippen LogP contribution in [0.2, 0.25) is 0 Å². The molecule has 29 heavy (non-hydrogen) atoms. The minimum Gasteiger partial charge on any atom is -0.464 e. The molecule has 1 fully saturated rings. The zero-order valence-corrected chi connectivity index (χ0v) is 18.0. The van der Waals surface area contributed by atoms with Crippen molar-refractivity contribution in [1.82, 2.24) is 19.3 Å². The van der Waals surface area contributed by atoms with E-state index in [9.17, 15) is 8.42 Å². The molecule has 0 amide bonds. The molecule has 2 aromatic heterocycles. The van der Waals surface area contributed by atoms with E-state index in [1.807, 2.05) is 44.4 Å². The normalized spacial score (nSPS) is 18.3. The van der Waals surface area contributed by atoms with Gasteiger partial charge in [0.25, 0.3) is 0 Å². The third-order valence-electron chi connectivity index (χ3n) is 3.75. The van der Waals surface area contributed by atoms with Gasteiger partial charge in [-0.25, -0.2) is 9.44 Å². The molecule has 1 aliphatic heterocycles. The first-order valence-electron chi connectivity index (χ1n) is 9.01. The van der Waals surface area contributed by atoms with Crippen molar-refractivity contribution in [2.75, 3.05) is 26.4 Å². The Labute approximate surface area is 174 Å². The van der Waals surface area contributed by atoms with E-state index in [2.05, 4.69) is 29.3 Å². The predicted molar refractivity (Wildman–Crippen MR) is 115 cm³/mol. The van der Waals surface area contributed by atoms with E-state index in [1.165, 1.54) is 0 Å². The van der Waals surface area contributed by atoms with Gasteiger partial charge >= 0.3 is 10.2 Å². The predicted octanol–water partition coefficient (Wildman–Crippen LogP) is 1.40. The van der Waals surface area contributed by atoms with Crippen molar-refractivity contribution in [2.45, 2.75) is 18.8 Å². The second kappa shape index (κ2) is 9.90. The van der Waals surface area contributed by atoms with Gasteiger partial charge in [-0.1, -0.05) is 6.07 Å². The van der Waals surface area contributed by atoms with Crippen molar-refractivity contribution in [3.05, 3.63) is 53.7 Å². The quantitative estimate of drug-likeness (QED) is 0.575. The molecule has 0 aromatic carbocycles. The maximum Gasteiger partial charge on any atom is 0.324 e. The topological polar surface area (TPSA) is 112 Å². The summed E-state index contributed by atoms with van der Waals surface area (Å²) in [5, 5.41) is 0. The average molecular weight is 437 g/mol. The van der Waals surface area contributed by atoms with Crippen LogP contribution in [0.5, 0.6) is 0 Å². The van der Waals surface area contributed by atoms with E-state index in [-0.39, 0.29) is 18.2 Å². The van der Waals surface area contributed by atoms with Crippen molar-refractivity contribution >= 4 is 33.6 Å². The summed E-state index contributed by atoms with van der Waals surface area (Å²) >= 11 is 1.67. The van der Waals surface area contributed by atoms with Crippen LogP contribution in [-0.4, -0.2) is 56.4 Å². The van der Waals surface area contributed by atoms with Crippen LogP contribution in [0, 0.1) is 0 Å². The molecule has 0 unspecified atom stereocenters. The number of rotatable bonds is 9. The van der Waals surface area contributed by atoms with Crippen LogP contribution in [0.3, 0.4) is 0 Å². The number of pyridine rings is 1. The first kappa shape index (κ1) is 21.3. The molecule has 3 heterocycles. The molecular weight excluding hydrogens is 412 g/mol. The largest absolute Gasteiger partial charge is 0.464 e. The Balaban J connectivity index is 1.50. The summed E-state index contributed by atoms with van der Waals surface area (Å²) in [5.74, 6) is 3.75. The molecule has 3 rings (SSSR count). The van der Waals surface area contributed by atoms with Gasteiger partial charge in [-0.05, 0) is 38.4 Å². The molecule has 0 aliphatic carbocycles. The molecule has 0 bridgehead atoms. The monoisotopic (exact) mass is 436 g/mol. The van der Waals surface area contributed by atoms with E-state index in [4.69, 9.17) is 4.42 Å². The Bertz CT molecular complexity index is 970. The van der Waals surface area contributed by atoms with Crippen molar-refractivity contribution in [3.63, 3.8) is 0 Å². The van der Waals surface area contributed by atoms with E-state index in [1.54, 1.807) is 18.0 Å². The standard InChI is InChI=1S/C18H24N6O3S2/c1-24(2)12-15-6-7-16(27-15)13-28-10-9-20-17-18(23-29(25,26)22-17)21-11-14-5-3-4-8-19-14/h3-8H,9-13H2,1-2H3,(H,20,22)(H,21,23). The third kappa shape index (κ3) is 6.87. The number of nitrogens with one attached hydrogen (secondary N) is 2. The molecule has 9 nitrogen and oxygen atoms in total. The lowest BCUT2D eigenvalue weighted by molar-refractivity contribution is 0.344. The lowest BCUT2D eigenvalue weighted by atomic mass is 10.3. The van der Waals surface area contributed by atoms with Crippen LogP contribution in [0.25, 0.3) is 0 Å². The first-order chi connectivity index (χ1) is 13.9. The molecule has 0 saturated carbocycles. The van der Waals surface area contributed by atoms with Gasteiger partial charge in [0.05, 0.1) is 31.1 Å². The number of hydrogen-bond acceptors (Lipinski definition) is 8. The summed E-state index contributed by atoms with van der Waals surface area (Å²) in [6.45, 7) is 1.49. The fraction of sp³-hybridized carbons (Fsp3) is 0.389. The Morgan fingerprint density at radius 1 is 1.10 bits per heavy atom. The van der Waals surface area contributed by atoms with E-state index in [0.29, 0.717) is 6.54 Å². The summed E-state index contributed by atoms with van der Waals surface area (Å²) in [5.41, 5.74) is 0.744. The molecule has 0 atom stereocenters. The highest BCUT2D eigenvalue weighted by Crippen LogP contribution is 2.16. The average Bonchev–Trinajstić information content (AvgIpc) is 3.23. The van der Waals surface area contributed by atoms with Gasteiger partial charge < -0.3 is 9.32 Å². The van der Waals surface area contributed by atoms with Gasteiger partial charge in [0.2, 0.25) is 0 Å². The molecule has 0 radical (unpaired) electrons. The van der Waals surface area contributed by atoms with E-state index in [0.717, 1.165) is 35.3 Å². The lowest BCUT2D eigenvalue weighted by Gasteiger charge is -2.05. The maximum atomic E-state index is 11.8. The molecule has 2 aromatic rings. The highest BCUT2D eigenvalue weighted by Gasteiger charge is 2.28. The van der Waals surface area contributed by atoms with Gasteiger partial charge in [-0.3, -0.25) is 15.0 Å². The lowest BCUT2D eigenvalue weighted by Crippen LogP contribution is -2.24. The molecule has 1 aliphatic rings. The van der Waals surface area contributed by atoms with Gasteiger partial charge in [-0.15, -0.1) is 0 Å². The SMILES string of the molecule is CN(C)Cc1ccc(CSCCN=C2NS(=O)(=O)NC2=NCc2ccccn2)o1. The van der Waals surface area contributed by atoms with Crippen LogP contribution >= 0.6 is 11.8 Å². The summed E-state index contributed by atoms with van der Waals surface area (Å²) in [6, 6.07) is 9.46. The zero-order valence-electron chi connectivity index (χ0n) is 16.3. The van der Waals surface area contributed by atoms with Crippen molar-refractivity contribution in [1.29, 1.82) is 0 Å². The number of aromatic nitrogens is 1.